The van der Waals surface area contributed by atoms with Crippen molar-refractivity contribution in [2.75, 3.05) is 6.54 Å². The number of carboxylic acids is 1. The number of rotatable bonds is 2. The van der Waals surface area contributed by atoms with Crippen molar-refractivity contribution in [3.8, 4) is 0 Å². The third kappa shape index (κ3) is 1.61. The molecule has 1 fully saturated rings. The fourth-order valence-electron chi connectivity index (χ4n) is 1.89. The van der Waals surface area contributed by atoms with Crippen LogP contribution < -0.4 is 5.32 Å². The molecule has 0 bridgehead atoms. The van der Waals surface area contributed by atoms with Crippen molar-refractivity contribution in [2.24, 2.45) is 5.92 Å². The van der Waals surface area contributed by atoms with Gasteiger partial charge in [0, 0.05) is 18.4 Å². The lowest BCUT2D eigenvalue weighted by atomic mass is 9.95. The molecule has 0 amide bonds. The molecule has 2 N–H and O–H groups in total. The summed E-state index contributed by atoms with van der Waals surface area (Å²) in [5.41, 5.74) is 1.00. The van der Waals surface area contributed by atoms with Gasteiger partial charge in [-0.05, 0) is 30.7 Å². The van der Waals surface area contributed by atoms with Crippen LogP contribution >= 0.6 is 0 Å². The SMILES string of the molecule is O=C(O)C1CCNC1c1ccncc1. The molecule has 0 spiro atoms. The summed E-state index contributed by atoms with van der Waals surface area (Å²) >= 11 is 0. The Bertz CT molecular complexity index is 326. The number of carbonyl (C=O) groups is 1. The van der Waals surface area contributed by atoms with Crippen LogP contribution in [0.15, 0.2) is 24.5 Å². The molecule has 1 aliphatic heterocycles. The predicted octanol–water partition coefficient (Wildman–Crippen LogP) is 0.817. The Balaban J connectivity index is 2.22. The molecule has 74 valence electrons. The van der Waals surface area contributed by atoms with Crippen molar-refractivity contribution in [3.63, 3.8) is 0 Å². The van der Waals surface area contributed by atoms with Crippen molar-refractivity contribution >= 4 is 5.97 Å². The first-order chi connectivity index (χ1) is 6.79. The van der Waals surface area contributed by atoms with E-state index in [9.17, 15) is 4.79 Å². The summed E-state index contributed by atoms with van der Waals surface area (Å²) in [6.45, 7) is 0.768. The van der Waals surface area contributed by atoms with Crippen LogP contribution in [0.25, 0.3) is 0 Å². The number of nitrogens with one attached hydrogen (secondary N) is 1. The Morgan fingerprint density at radius 3 is 2.86 bits per heavy atom. The van der Waals surface area contributed by atoms with Gasteiger partial charge in [0.25, 0.3) is 0 Å². The van der Waals surface area contributed by atoms with Gasteiger partial charge in [-0.2, -0.15) is 0 Å². The molecule has 4 nitrogen and oxygen atoms in total. The van der Waals surface area contributed by atoms with Crippen molar-refractivity contribution in [2.45, 2.75) is 12.5 Å². The fraction of sp³-hybridized carbons (Fsp3) is 0.400. The zero-order valence-electron chi connectivity index (χ0n) is 7.68. The van der Waals surface area contributed by atoms with E-state index >= 15 is 0 Å². The van der Waals surface area contributed by atoms with Crippen LogP contribution in [0.1, 0.15) is 18.0 Å². The van der Waals surface area contributed by atoms with Gasteiger partial charge in [-0.3, -0.25) is 9.78 Å². The zero-order valence-corrected chi connectivity index (χ0v) is 7.68. The summed E-state index contributed by atoms with van der Waals surface area (Å²) < 4.78 is 0. The average molecular weight is 192 g/mol. The first kappa shape index (κ1) is 9.15. The summed E-state index contributed by atoms with van der Waals surface area (Å²) in [4.78, 5) is 14.8. The lowest BCUT2D eigenvalue weighted by molar-refractivity contribution is -0.142. The van der Waals surface area contributed by atoms with E-state index in [1.54, 1.807) is 12.4 Å². The van der Waals surface area contributed by atoms with Crippen LogP contribution in [0.3, 0.4) is 0 Å². The average Bonchev–Trinajstić information content (AvgIpc) is 2.67. The first-order valence-corrected chi connectivity index (χ1v) is 4.65. The zero-order chi connectivity index (χ0) is 9.97. The number of aliphatic carboxylic acids is 1. The second-order valence-corrected chi connectivity index (χ2v) is 3.45. The molecule has 0 radical (unpaired) electrons. The Hall–Kier alpha value is -1.42. The highest BCUT2D eigenvalue weighted by Gasteiger charge is 2.33. The Kier molecular flexibility index (Phi) is 2.45. The molecule has 4 heteroatoms. The summed E-state index contributed by atoms with van der Waals surface area (Å²) in [5, 5.41) is 12.2. The minimum absolute atomic E-state index is 0.0597. The van der Waals surface area contributed by atoms with E-state index in [0.717, 1.165) is 12.1 Å². The first-order valence-electron chi connectivity index (χ1n) is 4.65. The number of pyridine rings is 1. The Labute approximate surface area is 82.0 Å². The van der Waals surface area contributed by atoms with Crippen LogP contribution in [-0.2, 0) is 4.79 Å². The Morgan fingerprint density at radius 2 is 2.21 bits per heavy atom. The molecule has 1 aliphatic rings. The number of aromatic nitrogens is 1. The molecule has 2 atom stereocenters. The third-order valence-electron chi connectivity index (χ3n) is 2.60. The summed E-state index contributed by atoms with van der Waals surface area (Å²) in [5.74, 6) is -1.03. The highest BCUT2D eigenvalue weighted by atomic mass is 16.4. The summed E-state index contributed by atoms with van der Waals surface area (Å²) in [6.07, 6.45) is 4.07. The van der Waals surface area contributed by atoms with E-state index in [1.807, 2.05) is 12.1 Å². The van der Waals surface area contributed by atoms with E-state index in [0.29, 0.717) is 6.42 Å². The number of carboxylic acid groups (broad SMARTS) is 1. The van der Waals surface area contributed by atoms with E-state index in [4.69, 9.17) is 5.11 Å². The van der Waals surface area contributed by atoms with Crippen molar-refractivity contribution < 1.29 is 9.90 Å². The van der Waals surface area contributed by atoms with Crippen LogP contribution in [0.4, 0.5) is 0 Å². The summed E-state index contributed by atoms with van der Waals surface area (Å²) in [7, 11) is 0. The minimum atomic E-state index is -0.725. The van der Waals surface area contributed by atoms with Crippen LogP contribution in [0.5, 0.6) is 0 Å². The molecule has 1 aromatic rings. The molecule has 0 saturated carbocycles. The Morgan fingerprint density at radius 1 is 1.50 bits per heavy atom. The van der Waals surface area contributed by atoms with E-state index in [-0.39, 0.29) is 12.0 Å². The molecule has 2 heterocycles. The van der Waals surface area contributed by atoms with Gasteiger partial charge in [-0.1, -0.05) is 0 Å². The maximum absolute atomic E-state index is 10.9. The minimum Gasteiger partial charge on any atom is -0.481 e. The molecule has 14 heavy (non-hydrogen) atoms. The lowest BCUT2D eigenvalue weighted by Crippen LogP contribution is -2.23. The highest BCUT2D eigenvalue weighted by molar-refractivity contribution is 5.71. The standard InChI is InChI=1S/C10H12N2O2/c13-10(14)8-3-6-12-9(8)7-1-4-11-5-2-7/h1-2,4-5,8-9,12H,3,6H2,(H,13,14). The predicted molar refractivity (Wildman–Crippen MR) is 50.7 cm³/mol. The van der Waals surface area contributed by atoms with E-state index in [1.165, 1.54) is 0 Å². The van der Waals surface area contributed by atoms with Crippen LogP contribution in [-0.4, -0.2) is 22.6 Å². The van der Waals surface area contributed by atoms with Gasteiger partial charge in [-0.15, -0.1) is 0 Å². The fourth-order valence-corrected chi connectivity index (χ4v) is 1.89. The van der Waals surface area contributed by atoms with Gasteiger partial charge >= 0.3 is 5.97 Å². The molecule has 0 aliphatic carbocycles. The monoisotopic (exact) mass is 192 g/mol. The van der Waals surface area contributed by atoms with Gasteiger partial charge in [0.1, 0.15) is 0 Å². The largest absolute Gasteiger partial charge is 0.481 e. The van der Waals surface area contributed by atoms with Gasteiger partial charge < -0.3 is 10.4 Å². The molecule has 1 aromatic heterocycles. The maximum Gasteiger partial charge on any atom is 0.308 e. The molecule has 0 aromatic carbocycles. The summed E-state index contributed by atoms with van der Waals surface area (Å²) in [6, 6.07) is 3.66. The highest BCUT2D eigenvalue weighted by Crippen LogP contribution is 2.29. The topological polar surface area (TPSA) is 62.2 Å². The van der Waals surface area contributed by atoms with Crippen molar-refractivity contribution in [3.05, 3.63) is 30.1 Å². The van der Waals surface area contributed by atoms with Crippen molar-refractivity contribution in [1.82, 2.24) is 10.3 Å². The number of hydrogen-bond acceptors (Lipinski definition) is 3. The number of nitrogens with zero attached hydrogens (tertiary/aromatic N) is 1. The van der Waals surface area contributed by atoms with Crippen LogP contribution in [0.2, 0.25) is 0 Å². The lowest BCUT2D eigenvalue weighted by Gasteiger charge is -2.15. The van der Waals surface area contributed by atoms with Crippen LogP contribution in [0, 0.1) is 5.92 Å². The van der Waals surface area contributed by atoms with Gasteiger partial charge in [0.2, 0.25) is 0 Å². The quantitative estimate of drug-likeness (QED) is 0.728. The van der Waals surface area contributed by atoms with E-state index in [2.05, 4.69) is 10.3 Å². The molecular formula is C10H12N2O2. The smallest absolute Gasteiger partial charge is 0.308 e. The van der Waals surface area contributed by atoms with Gasteiger partial charge in [0.05, 0.1) is 5.92 Å². The van der Waals surface area contributed by atoms with Gasteiger partial charge in [0.15, 0.2) is 0 Å². The second-order valence-electron chi connectivity index (χ2n) is 3.45. The molecule has 2 unspecified atom stereocenters. The van der Waals surface area contributed by atoms with E-state index < -0.39 is 5.97 Å². The van der Waals surface area contributed by atoms with Crippen molar-refractivity contribution in [1.29, 1.82) is 0 Å². The third-order valence-corrected chi connectivity index (χ3v) is 2.60. The molecular weight excluding hydrogens is 180 g/mol. The second kappa shape index (κ2) is 3.75. The molecule has 2 rings (SSSR count). The maximum atomic E-state index is 10.9. The van der Waals surface area contributed by atoms with Gasteiger partial charge in [-0.25, -0.2) is 0 Å². The molecule has 1 saturated heterocycles. The number of hydrogen-bond donors (Lipinski definition) is 2. The normalized spacial score (nSPS) is 26.3.